The van der Waals surface area contributed by atoms with Crippen molar-refractivity contribution in [3.8, 4) is 0 Å². The van der Waals surface area contributed by atoms with Crippen LogP contribution in [-0.2, 0) is 6.42 Å². The van der Waals surface area contributed by atoms with E-state index in [1.807, 2.05) is 25.1 Å². The van der Waals surface area contributed by atoms with E-state index in [-0.39, 0.29) is 6.04 Å². The number of hydrogen-bond acceptors (Lipinski definition) is 1. The van der Waals surface area contributed by atoms with Gasteiger partial charge in [0.2, 0.25) is 0 Å². The molecular weight excluding hydrogens is 256 g/mol. The van der Waals surface area contributed by atoms with E-state index >= 15 is 0 Å². The average molecular weight is 275 g/mol. The van der Waals surface area contributed by atoms with E-state index in [4.69, 9.17) is 0 Å². The number of aryl methyl sites for hydroxylation is 2. The predicted octanol–water partition coefficient (Wildman–Crippen LogP) is 4.08. The highest BCUT2D eigenvalue weighted by Crippen LogP contribution is 2.24. The third kappa shape index (κ3) is 3.05. The Morgan fingerprint density at radius 1 is 1.05 bits per heavy atom. The zero-order chi connectivity index (χ0) is 14.7. The largest absolute Gasteiger partial charge is 0.313 e. The molecule has 3 heteroatoms. The lowest BCUT2D eigenvalue weighted by atomic mass is 9.96. The van der Waals surface area contributed by atoms with Crippen LogP contribution >= 0.6 is 0 Å². The number of benzene rings is 2. The molecule has 0 spiro atoms. The summed E-state index contributed by atoms with van der Waals surface area (Å²) >= 11 is 0. The molecule has 0 amide bonds. The highest BCUT2D eigenvalue weighted by molar-refractivity contribution is 5.30. The molecule has 2 rings (SSSR count). The average Bonchev–Trinajstić information content (AvgIpc) is 2.43. The molecule has 0 aliphatic heterocycles. The van der Waals surface area contributed by atoms with Gasteiger partial charge in [-0.25, -0.2) is 8.78 Å². The smallest absolute Gasteiger partial charge is 0.163 e. The van der Waals surface area contributed by atoms with Crippen LogP contribution in [0.4, 0.5) is 8.78 Å². The van der Waals surface area contributed by atoms with Crippen molar-refractivity contribution in [1.29, 1.82) is 0 Å². The molecular formula is C17H19F2N. The van der Waals surface area contributed by atoms with Gasteiger partial charge in [-0.2, -0.15) is 0 Å². The highest BCUT2D eigenvalue weighted by Gasteiger charge is 2.18. The predicted molar refractivity (Wildman–Crippen MR) is 77.8 cm³/mol. The van der Waals surface area contributed by atoms with Gasteiger partial charge in [-0.15, -0.1) is 0 Å². The molecule has 0 saturated carbocycles. The summed E-state index contributed by atoms with van der Waals surface area (Å²) in [5, 5.41) is 3.07. The summed E-state index contributed by atoms with van der Waals surface area (Å²) in [6.07, 6.45) is 0.623. The molecule has 0 fully saturated rings. The van der Waals surface area contributed by atoms with Crippen molar-refractivity contribution in [2.45, 2.75) is 26.3 Å². The summed E-state index contributed by atoms with van der Waals surface area (Å²) in [4.78, 5) is 0. The van der Waals surface area contributed by atoms with Crippen molar-refractivity contribution >= 4 is 0 Å². The summed E-state index contributed by atoms with van der Waals surface area (Å²) in [7, 11) is 1.76. The third-order valence-electron chi connectivity index (χ3n) is 3.55. The molecule has 0 saturated heterocycles. The molecule has 2 aromatic carbocycles. The first-order valence-corrected chi connectivity index (χ1v) is 6.70. The number of rotatable bonds is 4. The second kappa shape index (κ2) is 6.14. The van der Waals surface area contributed by atoms with Crippen LogP contribution in [0.2, 0.25) is 0 Å². The minimum absolute atomic E-state index is 0.244. The zero-order valence-corrected chi connectivity index (χ0v) is 12.0. The molecule has 1 nitrogen and oxygen atoms in total. The first-order chi connectivity index (χ1) is 9.52. The van der Waals surface area contributed by atoms with E-state index in [9.17, 15) is 8.78 Å². The van der Waals surface area contributed by atoms with E-state index in [1.165, 1.54) is 0 Å². The summed E-state index contributed by atoms with van der Waals surface area (Å²) in [6.45, 7) is 3.58. The first kappa shape index (κ1) is 14.7. The quantitative estimate of drug-likeness (QED) is 0.886. The number of halogens is 2. The number of hydrogen-bond donors (Lipinski definition) is 1. The van der Waals surface area contributed by atoms with E-state index in [2.05, 4.69) is 11.4 Å². The normalized spacial score (nSPS) is 12.4. The van der Waals surface area contributed by atoms with Gasteiger partial charge in [0.1, 0.15) is 0 Å². The Kier molecular flexibility index (Phi) is 4.50. The van der Waals surface area contributed by atoms with E-state index in [0.717, 1.165) is 11.1 Å². The van der Waals surface area contributed by atoms with Gasteiger partial charge in [-0.3, -0.25) is 0 Å². The minimum atomic E-state index is -0.757. The van der Waals surface area contributed by atoms with Crippen LogP contribution < -0.4 is 5.32 Å². The Hall–Kier alpha value is -1.74. The lowest BCUT2D eigenvalue weighted by Crippen LogP contribution is -2.20. The van der Waals surface area contributed by atoms with Crippen LogP contribution in [0.1, 0.15) is 28.3 Å². The fourth-order valence-corrected chi connectivity index (χ4v) is 2.37. The van der Waals surface area contributed by atoms with Crippen molar-refractivity contribution in [3.63, 3.8) is 0 Å². The Morgan fingerprint density at radius 2 is 1.80 bits per heavy atom. The summed E-state index contributed by atoms with van der Waals surface area (Å²) in [6, 6.07) is 11.1. The van der Waals surface area contributed by atoms with Crippen LogP contribution in [0.3, 0.4) is 0 Å². The molecule has 106 valence electrons. The molecule has 0 heterocycles. The maximum absolute atomic E-state index is 14.1. The van der Waals surface area contributed by atoms with Crippen LogP contribution in [0, 0.1) is 25.5 Å². The van der Waals surface area contributed by atoms with Gasteiger partial charge >= 0.3 is 0 Å². The molecule has 0 aliphatic carbocycles. The van der Waals surface area contributed by atoms with Crippen LogP contribution in [0.15, 0.2) is 36.4 Å². The van der Waals surface area contributed by atoms with Gasteiger partial charge in [0, 0.05) is 11.6 Å². The monoisotopic (exact) mass is 275 g/mol. The second-order valence-electron chi connectivity index (χ2n) is 5.13. The molecule has 0 bridgehead atoms. The SMILES string of the molecule is CNC(Cc1cccc(C)c1)c1ccc(C)c(F)c1F. The van der Waals surface area contributed by atoms with Crippen molar-refractivity contribution in [3.05, 3.63) is 70.3 Å². The van der Waals surface area contributed by atoms with Crippen molar-refractivity contribution < 1.29 is 8.78 Å². The van der Waals surface area contributed by atoms with Gasteiger partial charge in [0.25, 0.3) is 0 Å². The fourth-order valence-electron chi connectivity index (χ4n) is 2.37. The summed E-state index contributed by atoms with van der Waals surface area (Å²) in [5.74, 6) is -1.51. The molecule has 20 heavy (non-hydrogen) atoms. The Balaban J connectivity index is 2.31. The van der Waals surface area contributed by atoms with Gasteiger partial charge in [-0.05, 0) is 38.4 Å². The molecule has 0 aliphatic rings. The standard InChI is InChI=1S/C17H19F2N/c1-11-5-4-6-13(9-11)10-15(20-3)14-8-7-12(2)16(18)17(14)19/h4-9,15,20H,10H2,1-3H3. The van der Waals surface area contributed by atoms with E-state index in [1.54, 1.807) is 26.1 Å². The van der Waals surface area contributed by atoms with Crippen LogP contribution in [-0.4, -0.2) is 7.05 Å². The zero-order valence-electron chi connectivity index (χ0n) is 12.0. The fraction of sp³-hybridized carbons (Fsp3) is 0.294. The maximum atomic E-state index is 14.1. The number of likely N-dealkylation sites (N-methyl/N-ethyl adjacent to an activating group) is 1. The van der Waals surface area contributed by atoms with Gasteiger partial charge in [-0.1, -0.05) is 42.0 Å². The highest BCUT2D eigenvalue weighted by atomic mass is 19.2. The van der Waals surface area contributed by atoms with Crippen LogP contribution in [0.5, 0.6) is 0 Å². The van der Waals surface area contributed by atoms with E-state index in [0.29, 0.717) is 17.5 Å². The molecule has 0 radical (unpaired) electrons. The minimum Gasteiger partial charge on any atom is -0.313 e. The molecule has 1 atom stereocenters. The molecule has 0 aromatic heterocycles. The van der Waals surface area contributed by atoms with Crippen molar-refractivity contribution in [2.75, 3.05) is 7.05 Å². The Morgan fingerprint density at radius 3 is 2.45 bits per heavy atom. The number of nitrogens with one attached hydrogen (secondary N) is 1. The summed E-state index contributed by atoms with van der Waals surface area (Å²) < 4.78 is 27.8. The van der Waals surface area contributed by atoms with Crippen molar-refractivity contribution in [1.82, 2.24) is 5.32 Å². The third-order valence-corrected chi connectivity index (χ3v) is 3.55. The van der Waals surface area contributed by atoms with Gasteiger partial charge in [0.15, 0.2) is 11.6 Å². The molecule has 1 unspecified atom stereocenters. The van der Waals surface area contributed by atoms with Gasteiger partial charge < -0.3 is 5.32 Å². The summed E-state index contributed by atoms with van der Waals surface area (Å²) in [5.41, 5.74) is 2.96. The van der Waals surface area contributed by atoms with Crippen molar-refractivity contribution in [2.24, 2.45) is 0 Å². The first-order valence-electron chi connectivity index (χ1n) is 6.70. The second-order valence-corrected chi connectivity index (χ2v) is 5.13. The van der Waals surface area contributed by atoms with Gasteiger partial charge in [0.05, 0.1) is 0 Å². The maximum Gasteiger partial charge on any atom is 0.163 e. The Bertz CT molecular complexity index is 608. The Labute approximate surface area is 118 Å². The van der Waals surface area contributed by atoms with E-state index < -0.39 is 11.6 Å². The molecule has 1 N–H and O–H groups in total. The molecule has 2 aromatic rings. The lowest BCUT2D eigenvalue weighted by Gasteiger charge is -2.18. The van der Waals surface area contributed by atoms with Crippen LogP contribution in [0.25, 0.3) is 0 Å². The lowest BCUT2D eigenvalue weighted by molar-refractivity contribution is 0.469. The topological polar surface area (TPSA) is 12.0 Å².